The van der Waals surface area contributed by atoms with E-state index in [-0.39, 0.29) is 0 Å². The summed E-state index contributed by atoms with van der Waals surface area (Å²) < 4.78 is 0. The Hall–Kier alpha value is -1.77. The molecule has 2 aromatic heterocycles. The number of hydrogen-bond donors (Lipinski definition) is 2. The molecule has 0 spiro atoms. The maximum atomic E-state index is 5.22. The highest BCUT2D eigenvalue weighted by molar-refractivity contribution is 5.26. The van der Waals surface area contributed by atoms with Gasteiger partial charge in [-0.3, -0.25) is 4.98 Å². The van der Waals surface area contributed by atoms with Crippen molar-refractivity contribution < 1.29 is 0 Å². The lowest BCUT2D eigenvalue weighted by molar-refractivity contribution is 1.33. The predicted molar refractivity (Wildman–Crippen MR) is 49.4 cm³/mol. The number of H-pyrrole nitrogens is 1. The second-order valence-electron chi connectivity index (χ2n) is 2.15. The van der Waals surface area contributed by atoms with E-state index in [0.717, 1.165) is 5.82 Å². The van der Waals surface area contributed by atoms with Crippen molar-refractivity contribution in [2.24, 2.45) is 0 Å². The molecule has 3 heteroatoms. The second kappa shape index (κ2) is 4.96. The Balaban J connectivity index is 0.000000120. The average molecular weight is 161 g/mol. The van der Waals surface area contributed by atoms with Gasteiger partial charge in [-0.25, -0.2) is 0 Å². The van der Waals surface area contributed by atoms with Gasteiger partial charge in [0.1, 0.15) is 5.82 Å². The van der Waals surface area contributed by atoms with Gasteiger partial charge in [-0.1, -0.05) is 6.07 Å². The standard InChI is InChI=1S/C5H5N.C4H6N2/c1-2-4-6-5-3-1;5-4-2-1-3-6-4/h1-5H;1-3,6H,5H2. The fourth-order valence-electron chi connectivity index (χ4n) is 0.657. The number of hydrogen-bond acceptors (Lipinski definition) is 2. The van der Waals surface area contributed by atoms with Crippen LogP contribution in [0, 0.1) is 0 Å². The summed E-state index contributed by atoms with van der Waals surface area (Å²) in [6.45, 7) is 0. The van der Waals surface area contributed by atoms with Gasteiger partial charge in [-0.05, 0) is 24.3 Å². The summed E-state index contributed by atoms with van der Waals surface area (Å²) in [4.78, 5) is 6.56. The van der Waals surface area contributed by atoms with Crippen LogP contribution in [-0.4, -0.2) is 9.97 Å². The molecule has 0 atom stereocenters. The number of nitrogen functional groups attached to an aromatic ring is 1. The van der Waals surface area contributed by atoms with Gasteiger partial charge >= 0.3 is 0 Å². The number of anilines is 1. The first-order chi connectivity index (χ1) is 5.89. The van der Waals surface area contributed by atoms with Crippen molar-refractivity contribution in [1.29, 1.82) is 0 Å². The van der Waals surface area contributed by atoms with Crippen LogP contribution in [0.1, 0.15) is 0 Å². The first kappa shape index (κ1) is 8.33. The highest BCUT2D eigenvalue weighted by atomic mass is 14.8. The molecule has 0 radical (unpaired) electrons. The maximum Gasteiger partial charge on any atom is 0.100 e. The van der Waals surface area contributed by atoms with E-state index in [1.54, 1.807) is 24.7 Å². The van der Waals surface area contributed by atoms with Crippen LogP contribution in [0.4, 0.5) is 5.82 Å². The lowest BCUT2D eigenvalue weighted by Gasteiger charge is -1.72. The smallest absolute Gasteiger partial charge is 0.100 e. The Morgan fingerprint density at radius 3 is 2.00 bits per heavy atom. The predicted octanol–water partition coefficient (Wildman–Crippen LogP) is 1.68. The summed E-state index contributed by atoms with van der Waals surface area (Å²) in [6, 6.07) is 9.38. The zero-order chi connectivity index (χ0) is 8.65. The lowest BCUT2D eigenvalue weighted by Crippen LogP contribution is -1.79. The number of aromatic nitrogens is 2. The Kier molecular flexibility index (Phi) is 3.44. The third-order valence-corrected chi connectivity index (χ3v) is 1.19. The van der Waals surface area contributed by atoms with Gasteiger partial charge in [0.2, 0.25) is 0 Å². The summed E-state index contributed by atoms with van der Waals surface area (Å²) in [5.74, 6) is 0.718. The van der Waals surface area contributed by atoms with Gasteiger partial charge < -0.3 is 10.7 Å². The monoisotopic (exact) mass is 161 g/mol. The van der Waals surface area contributed by atoms with Gasteiger partial charge in [0.25, 0.3) is 0 Å². The molecule has 2 heterocycles. The van der Waals surface area contributed by atoms with Crippen LogP contribution in [0.5, 0.6) is 0 Å². The highest BCUT2D eigenvalue weighted by Crippen LogP contribution is 1.90. The van der Waals surface area contributed by atoms with Crippen molar-refractivity contribution in [2.45, 2.75) is 0 Å². The zero-order valence-electron chi connectivity index (χ0n) is 6.64. The van der Waals surface area contributed by atoms with Crippen LogP contribution in [0.2, 0.25) is 0 Å². The number of nitrogens with one attached hydrogen (secondary N) is 1. The quantitative estimate of drug-likeness (QED) is 0.617. The number of nitrogens with zero attached hydrogens (tertiary/aromatic N) is 1. The molecule has 12 heavy (non-hydrogen) atoms. The first-order valence-electron chi connectivity index (χ1n) is 3.63. The fourth-order valence-corrected chi connectivity index (χ4v) is 0.657. The Bertz CT molecular complexity index is 249. The third-order valence-electron chi connectivity index (χ3n) is 1.19. The molecule has 2 aromatic rings. The van der Waals surface area contributed by atoms with E-state index in [1.165, 1.54) is 0 Å². The van der Waals surface area contributed by atoms with Crippen molar-refractivity contribution in [2.75, 3.05) is 5.73 Å². The van der Waals surface area contributed by atoms with E-state index >= 15 is 0 Å². The molecule has 0 saturated carbocycles. The Morgan fingerprint density at radius 1 is 1.08 bits per heavy atom. The number of nitrogens with two attached hydrogens (primary N) is 1. The minimum Gasteiger partial charge on any atom is -0.385 e. The van der Waals surface area contributed by atoms with Gasteiger partial charge in [-0.15, -0.1) is 0 Å². The van der Waals surface area contributed by atoms with E-state index in [1.807, 2.05) is 24.3 Å². The van der Waals surface area contributed by atoms with Crippen molar-refractivity contribution in [1.82, 2.24) is 9.97 Å². The van der Waals surface area contributed by atoms with Crippen LogP contribution in [-0.2, 0) is 0 Å². The molecule has 0 aliphatic rings. The van der Waals surface area contributed by atoms with E-state index in [2.05, 4.69) is 9.97 Å². The first-order valence-corrected chi connectivity index (χ1v) is 3.63. The fraction of sp³-hybridized carbons (Fsp3) is 0. The highest BCUT2D eigenvalue weighted by Gasteiger charge is 1.72. The molecule has 3 N–H and O–H groups in total. The van der Waals surface area contributed by atoms with Crippen LogP contribution >= 0.6 is 0 Å². The van der Waals surface area contributed by atoms with Crippen molar-refractivity contribution in [3.05, 3.63) is 48.9 Å². The Labute approximate surface area is 71.3 Å². The molecular weight excluding hydrogens is 150 g/mol. The normalized spacial score (nSPS) is 8.33. The summed E-state index contributed by atoms with van der Waals surface area (Å²) in [5.41, 5.74) is 5.22. The largest absolute Gasteiger partial charge is 0.385 e. The molecule has 0 fully saturated rings. The van der Waals surface area contributed by atoms with Crippen molar-refractivity contribution in [3.8, 4) is 0 Å². The van der Waals surface area contributed by atoms with Crippen LogP contribution in [0.15, 0.2) is 48.9 Å². The van der Waals surface area contributed by atoms with E-state index in [4.69, 9.17) is 5.73 Å². The second-order valence-corrected chi connectivity index (χ2v) is 2.15. The van der Waals surface area contributed by atoms with E-state index < -0.39 is 0 Å². The molecule has 0 aromatic carbocycles. The Morgan fingerprint density at radius 2 is 1.83 bits per heavy atom. The minimum absolute atomic E-state index is 0.718. The summed E-state index contributed by atoms with van der Waals surface area (Å²) >= 11 is 0. The van der Waals surface area contributed by atoms with Crippen LogP contribution in [0.25, 0.3) is 0 Å². The van der Waals surface area contributed by atoms with Gasteiger partial charge in [0, 0.05) is 18.6 Å². The molecular formula is C9H11N3. The maximum absolute atomic E-state index is 5.22. The van der Waals surface area contributed by atoms with Gasteiger partial charge in [0.05, 0.1) is 0 Å². The van der Waals surface area contributed by atoms with E-state index in [0.29, 0.717) is 0 Å². The van der Waals surface area contributed by atoms with Gasteiger partial charge in [0.15, 0.2) is 0 Å². The number of rotatable bonds is 0. The molecule has 2 rings (SSSR count). The number of aromatic amines is 1. The molecule has 62 valence electrons. The van der Waals surface area contributed by atoms with Crippen LogP contribution in [0.3, 0.4) is 0 Å². The molecule has 0 aliphatic heterocycles. The molecule has 0 unspecified atom stereocenters. The van der Waals surface area contributed by atoms with E-state index in [9.17, 15) is 0 Å². The minimum atomic E-state index is 0.718. The lowest BCUT2D eigenvalue weighted by atomic mass is 10.5. The SMILES string of the molecule is Nc1ccc[nH]1.c1ccncc1. The topological polar surface area (TPSA) is 54.7 Å². The van der Waals surface area contributed by atoms with Crippen molar-refractivity contribution in [3.63, 3.8) is 0 Å². The average Bonchev–Trinajstić information content (AvgIpc) is 2.60. The third kappa shape index (κ3) is 3.41. The summed E-state index contributed by atoms with van der Waals surface area (Å²) in [7, 11) is 0. The zero-order valence-corrected chi connectivity index (χ0v) is 6.64. The molecule has 0 amide bonds. The van der Waals surface area contributed by atoms with Crippen molar-refractivity contribution >= 4 is 5.82 Å². The molecule has 3 nitrogen and oxygen atoms in total. The summed E-state index contributed by atoms with van der Waals surface area (Å²) in [6.07, 6.45) is 5.29. The number of pyridine rings is 1. The summed E-state index contributed by atoms with van der Waals surface area (Å²) in [5, 5.41) is 0. The molecule has 0 saturated heterocycles. The van der Waals surface area contributed by atoms with Gasteiger partial charge in [-0.2, -0.15) is 0 Å². The molecule has 0 bridgehead atoms. The molecule has 0 aliphatic carbocycles. The van der Waals surface area contributed by atoms with Crippen LogP contribution < -0.4 is 5.73 Å².